The second kappa shape index (κ2) is 5.97. The number of alkyl halides is 6. The van der Waals surface area contributed by atoms with E-state index in [4.69, 9.17) is 0 Å². The third-order valence-corrected chi connectivity index (χ3v) is 3.47. The van der Waals surface area contributed by atoms with Crippen LogP contribution in [-0.2, 0) is 19.9 Å². The molecule has 0 spiro atoms. The van der Waals surface area contributed by atoms with E-state index in [0.717, 1.165) is 11.4 Å². The molecule has 0 bridgehead atoms. The number of halogens is 6. The first-order valence-corrected chi connectivity index (χ1v) is 6.56. The van der Waals surface area contributed by atoms with Crippen LogP contribution in [-0.4, -0.2) is 36.3 Å². The van der Waals surface area contributed by atoms with Crippen molar-refractivity contribution in [3.8, 4) is 0 Å². The lowest BCUT2D eigenvalue weighted by Crippen LogP contribution is -2.63. The van der Waals surface area contributed by atoms with Crippen molar-refractivity contribution in [2.24, 2.45) is 0 Å². The number of H-pyrrole nitrogens is 1. The van der Waals surface area contributed by atoms with E-state index in [1.54, 1.807) is 0 Å². The van der Waals surface area contributed by atoms with Gasteiger partial charge in [-0.25, -0.2) is 4.79 Å². The van der Waals surface area contributed by atoms with Gasteiger partial charge in [0.15, 0.2) is 0 Å². The first-order chi connectivity index (χ1) is 11.4. The first-order valence-electron chi connectivity index (χ1n) is 6.56. The van der Waals surface area contributed by atoms with Crippen LogP contribution < -0.4 is 5.32 Å². The Hall–Kier alpha value is -2.72. The lowest BCUT2D eigenvalue weighted by Gasteiger charge is -2.33. The molecule has 1 heterocycles. The fourth-order valence-corrected chi connectivity index (χ4v) is 2.34. The van der Waals surface area contributed by atoms with E-state index in [-0.39, 0.29) is 10.9 Å². The van der Waals surface area contributed by atoms with Gasteiger partial charge in [0.2, 0.25) is 0 Å². The number of hydrogen-bond acceptors (Lipinski definition) is 3. The molecule has 136 valence electrons. The Labute approximate surface area is 135 Å². The summed E-state index contributed by atoms with van der Waals surface area (Å²) in [7, 11) is 0.567. The van der Waals surface area contributed by atoms with E-state index in [9.17, 15) is 35.9 Å². The van der Waals surface area contributed by atoms with Gasteiger partial charge in [0.25, 0.3) is 5.54 Å². The SMILES string of the molecule is COC(=O)[C@](NC(=O)C(F)(F)F)(c1c[nH]c2ccccc12)C(F)(F)F. The van der Waals surface area contributed by atoms with Crippen LogP contribution in [0.15, 0.2) is 30.5 Å². The van der Waals surface area contributed by atoms with Crippen molar-refractivity contribution >= 4 is 22.8 Å². The largest absolute Gasteiger partial charge is 0.471 e. The third-order valence-electron chi connectivity index (χ3n) is 3.47. The number of aromatic nitrogens is 1. The van der Waals surface area contributed by atoms with E-state index in [0.29, 0.717) is 13.3 Å². The Morgan fingerprint density at radius 2 is 1.68 bits per heavy atom. The predicted octanol–water partition coefficient (Wildman–Crippen LogP) is 2.78. The summed E-state index contributed by atoms with van der Waals surface area (Å²) in [6, 6.07) is 5.29. The molecule has 25 heavy (non-hydrogen) atoms. The normalized spacial score (nSPS) is 14.8. The molecule has 0 saturated carbocycles. The fraction of sp³-hybridized carbons (Fsp3) is 0.286. The second-order valence-corrected chi connectivity index (χ2v) is 4.94. The quantitative estimate of drug-likeness (QED) is 0.647. The zero-order valence-electron chi connectivity index (χ0n) is 12.4. The maximum Gasteiger partial charge on any atom is 0.471 e. The van der Waals surface area contributed by atoms with Crippen LogP contribution in [0.2, 0.25) is 0 Å². The van der Waals surface area contributed by atoms with Gasteiger partial charge in [-0.2, -0.15) is 26.3 Å². The van der Waals surface area contributed by atoms with Crippen molar-refractivity contribution < 1.29 is 40.7 Å². The van der Waals surface area contributed by atoms with Crippen LogP contribution in [0.4, 0.5) is 26.3 Å². The molecule has 11 heteroatoms. The summed E-state index contributed by atoms with van der Waals surface area (Å²) in [5.74, 6) is -5.04. The van der Waals surface area contributed by atoms with Crippen LogP contribution in [0, 0.1) is 0 Å². The van der Waals surface area contributed by atoms with Crippen LogP contribution in [0.25, 0.3) is 10.9 Å². The van der Waals surface area contributed by atoms with E-state index >= 15 is 0 Å². The third kappa shape index (κ3) is 3.01. The number of carbonyl (C=O) groups is 2. The summed E-state index contributed by atoms with van der Waals surface area (Å²) < 4.78 is 83.0. The number of nitrogens with one attached hydrogen (secondary N) is 2. The molecular formula is C14H10F6N2O3. The van der Waals surface area contributed by atoms with Crippen molar-refractivity contribution in [3.05, 3.63) is 36.0 Å². The molecule has 1 atom stereocenters. The molecule has 2 rings (SSSR count). The Morgan fingerprint density at radius 3 is 2.20 bits per heavy atom. The van der Waals surface area contributed by atoms with E-state index < -0.39 is 35.3 Å². The number of rotatable bonds is 3. The maximum absolute atomic E-state index is 13.8. The van der Waals surface area contributed by atoms with Crippen molar-refractivity contribution in [2.45, 2.75) is 17.9 Å². The van der Waals surface area contributed by atoms with Crippen LogP contribution >= 0.6 is 0 Å². The highest BCUT2D eigenvalue weighted by Crippen LogP contribution is 2.43. The molecule has 1 amide bonds. The Bertz CT molecular complexity index is 811. The highest BCUT2D eigenvalue weighted by molar-refractivity contribution is 5.97. The van der Waals surface area contributed by atoms with Gasteiger partial charge in [0.05, 0.1) is 7.11 Å². The molecule has 2 N–H and O–H groups in total. The number of carbonyl (C=O) groups excluding carboxylic acids is 2. The Kier molecular flexibility index (Phi) is 4.45. The summed E-state index contributed by atoms with van der Waals surface area (Å²) in [6.07, 6.45) is -10.6. The number of aromatic amines is 1. The topological polar surface area (TPSA) is 71.2 Å². The molecule has 5 nitrogen and oxygen atoms in total. The number of amides is 1. The van der Waals surface area contributed by atoms with Crippen molar-refractivity contribution in [3.63, 3.8) is 0 Å². The van der Waals surface area contributed by atoms with E-state index in [1.165, 1.54) is 18.2 Å². The molecule has 0 saturated heterocycles. The number of benzene rings is 1. The lowest BCUT2D eigenvalue weighted by atomic mass is 9.88. The van der Waals surface area contributed by atoms with Gasteiger partial charge < -0.3 is 15.0 Å². The Morgan fingerprint density at radius 1 is 1.08 bits per heavy atom. The summed E-state index contributed by atoms with van der Waals surface area (Å²) >= 11 is 0. The summed E-state index contributed by atoms with van der Waals surface area (Å²) in [5.41, 5.74) is -4.83. The molecular weight excluding hydrogens is 358 g/mol. The fourth-order valence-electron chi connectivity index (χ4n) is 2.34. The smallest absolute Gasteiger partial charge is 0.467 e. The first kappa shape index (κ1) is 18.6. The van der Waals surface area contributed by atoms with Crippen molar-refractivity contribution in [1.29, 1.82) is 0 Å². The van der Waals surface area contributed by atoms with E-state index in [2.05, 4.69) is 9.72 Å². The molecule has 0 radical (unpaired) electrons. The Balaban J connectivity index is 2.79. The number of para-hydroxylation sites is 1. The highest BCUT2D eigenvalue weighted by Gasteiger charge is 2.66. The molecule has 0 unspecified atom stereocenters. The van der Waals surface area contributed by atoms with Gasteiger partial charge in [-0.05, 0) is 6.07 Å². The minimum Gasteiger partial charge on any atom is -0.467 e. The maximum atomic E-state index is 13.8. The molecule has 1 aromatic carbocycles. The molecule has 2 aromatic rings. The minimum atomic E-state index is -5.64. The number of hydrogen-bond donors (Lipinski definition) is 2. The van der Waals surface area contributed by atoms with Gasteiger partial charge in [0.1, 0.15) is 0 Å². The predicted molar refractivity (Wildman–Crippen MR) is 72.2 cm³/mol. The summed E-state index contributed by atoms with van der Waals surface area (Å²) in [5, 5.41) is 0.571. The standard InChI is InChI=1S/C14H10F6N2O3/c1-25-11(24)12(14(18,19)20,22-10(23)13(15,16)17)8-6-21-9-5-3-2-4-7(8)9/h2-6,21H,1H3,(H,22,23)/t12-/m1/s1. The summed E-state index contributed by atoms with van der Waals surface area (Å²) in [6.45, 7) is 0. The zero-order chi connectivity index (χ0) is 19.0. The molecule has 0 aliphatic rings. The van der Waals surface area contributed by atoms with Gasteiger partial charge >= 0.3 is 24.2 Å². The summed E-state index contributed by atoms with van der Waals surface area (Å²) in [4.78, 5) is 25.6. The number of esters is 1. The van der Waals surface area contributed by atoms with Gasteiger partial charge in [-0.1, -0.05) is 18.2 Å². The second-order valence-electron chi connectivity index (χ2n) is 4.94. The number of ether oxygens (including phenoxy) is 1. The van der Waals surface area contributed by atoms with Crippen LogP contribution in [0.3, 0.4) is 0 Å². The molecule has 0 fully saturated rings. The molecule has 0 aliphatic heterocycles. The molecule has 0 aliphatic carbocycles. The van der Waals surface area contributed by atoms with Gasteiger partial charge in [-0.3, -0.25) is 4.79 Å². The lowest BCUT2D eigenvalue weighted by molar-refractivity contribution is -0.222. The van der Waals surface area contributed by atoms with Gasteiger partial charge in [-0.15, -0.1) is 0 Å². The van der Waals surface area contributed by atoms with Crippen molar-refractivity contribution in [2.75, 3.05) is 7.11 Å². The zero-order valence-corrected chi connectivity index (χ0v) is 12.4. The number of methoxy groups -OCH3 is 1. The average Bonchev–Trinajstić information content (AvgIpc) is 2.93. The molecule has 1 aromatic heterocycles. The monoisotopic (exact) mass is 368 g/mol. The highest BCUT2D eigenvalue weighted by atomic mass is 19.4. The van der Waals surface area contributed by atoms with Crippen molar-refractivity contribution in [1.82, 2.24) is 10.3 Å². The van der Waals surface area contributed by atoms with Crippen LogP contribution in [0.1, 0.15) is 5.56 Å². The van der Waals surface area contributed by atoms with Gasteiger partial charge in [0, 0.05) is 22.7 Å². The number of fused-ring (bicyclic) bond motifs is 1. The minimum absolute atomic E-state index is 0.122. The average molecular weight is 368 g/mol. The van der Waals surface area contributed by atoms with Crippen LogP contribution in [0.5, 0.6) is 0 Å². The van der Waals surface area contributed by atoms with E-state index in [1.807, 2.05) is 0 Å².